The van der Waals surface area contributed by atoms with Crippen molar-refractivity contribution in [3.8, 4) is 0 Å². The first-order chi connectivity index (χ1) is 21.0. The largest absolute Gasteiger partial charge is 0.465 e. The number of fused-ring (bicyclic) bond motifs is 4. The van der Waals surface area contributed by atoms with Crippen LogP contribution in [-0.4, -0.2) is 76.0 Å². The van der Waals surface area contributed by atoms with Gasteiger partial charge in [-0.05, 0) is 55.1 Å². The fourth-order valence-corrected chi connectivity index (χ4v) is 9.33. The monoisotopic (exact) mass is 628 g/mol. The first kappa shape index (κ1) is 33.1. The number of rotatable bonds is 7. The Bertz CT molecular complexity index is 1390. The van der Waals surface area contributed by atoms with Crippen LogP contribution in [0.5, 0.6) is 0 Å². The second-order valence-corrected chi connectivity index (χ2v) is 14.2. The van der Waals surface area contributed by atoms with Gasteiger partial charge in [-0.2, -0.15) is 0 Å². The van der Waals surface area contributed by atoms with Crippen molar-refractivity contribution in [2.24, 2.45) is 40.4 Å². The predicted octanol–water partition coefficient (Wildman–Crippen LogP) is 3.03. The van der Waals surface area contributed by atoms with Gasteiger partial charge in [0, 0.05) is 26.2 Å². The van der Waals surface area contributed by atoms with Crippen molar-refractivity contribution >= 4 is 29.7 Å². The fraction of sp³-hybridized carbons (Fsp3) is 0.676. The van der Waals surface area contributed by atoms with Crippen molar-refractivity contribution < 1.29 is 53.1 Å². The van der Waals surface area contributed by atoms with Crippen molar-refractivity contribution in [3.63, 3.8) is 0 Å². The van der Waals surface area contributed by atoms with Gasteiger partial charge in [-0.3, -0.25) is 19.2 Å². The summed E-state index contributed by atoms with van der Waals surface area (Å²) in [7, 11) is 0. The molecule has 0 unspecified atom stereocenters. The molecule has 0 spiro atoms. The van der Waals surface area contributed by atoms with E-state index in [1.54, 1.807) is 44.2 Å². The molecule has 1 aromatic rings. The number of aliphatic hydroxyl groups excluding tert-OH is 1. The predicted molar refractivity (Wildman–Crippen MR) is 157 cm³/mol. The van der Waals surface area contributed by atoms with Gasteiger partial charge < -0.3 is 29.2 Å². The molecule has 5 rings (SSSR count). The van der Waals surface area contributed by atoms with Crippen LogP contribution in [0, 0.1) is 40.4 Å². The van der Waals surface area contributed by atoms with E-state index in [4.69, 9.17) is 18.9 Å². The first-order valence-electron chi connectivity index (χ1n) is 15.7. The number of carbonyl (C=O) groups excluding carboxylic acids is 5. The molecule has 11 nitrogen and oxygen atoms in total. The van der Waals surface area contributed by atoms with Gasteiger partial charge in [-0.15, -0.1) is 0 Å². The summed E-state index contributed by atoms with van der Waals surface area (Å²) in [4.78, 5) is 66.9. The van der Waals surface area contributed by atoms with Crippen LogP contribution in [0.25, 0.3) is 0 Å². The Morgan fingerprint density at radius 2 is 1.62 bits per heavy atom. The van der Waals surface area contributed by atoms with Crippen molar-refractivity contribution in [3.05, 3.63) is 35.9 Å². The van der Waals surface area contributed by atoms with E-state index in [1.807, 2.05) is 13.8 Å². The Morgan fingerprint density at radius 3 is 2.20 bits per heavy atom. The molecule has 11 atom stereocenters. The molecule has 4 saturated carbocycles. The molecule has 11 heteroatoms. The van der Waals surface area contributed by atoms with E-state index in [0.717, 1.165) is 6.92 Å². The number of esters is 4. The molecule has 4 fully saturated rings. The molecule has 0 bridgehead atoms. The molecule has 0 amide bonds. The van der Waals surface area contributed by atoms with Crippen LogP contribution in [0.1, 0.15) is 78.1 Å². The first-order valence-corrected chi connectivity index (χ1v) is 15.7. The quantitative estimate of drug-likeness (QED) is 0.337. The smallest absolute Gasteiger partial charge is 0.338 e. The number of carbonyl (C=O) groups is 5. The molecule has 0 aromatic heterocycles. The number of aliphatic hydroxyl groups is 2. The minimum atomic E-state index is -2.32. The SMILES string of the molecule is CCC(=O)O[C@@H]1[C@@H]2[C@@H](OC(=O)c3ccccc3)[C@]3(COC(C)=O)[C@H](O)C[C@H]4[C@@H]([C@H]3[C@](C)(OC(C)=O)C(=O)[C@@]2(O)C[C@@H]1C)C4(C)C. The number of ether oxygens (including phenoxy) is 4. The third-order valence-corrected chi connectivity index (χ3v) is 11.2. The summed E-state index contributed by atoms with van der Waals surface area (Å²) in [5.74, 6) is -7.25. The van der Waals surface area contributed by atoms with Gasteiger partial charge in [0.05, 0.1) is 23.0 Å². The second kappa shape index (κ2) is 11.2. The summed E-state index contributed by atoms with van der Waals surface area (Å²) in [6.45, 7) is 10.5. The summed E-state index contributed by atoms with van der Waals surface area (Å²) >= 11 is 0. The van der Waals surface area contributed by atoms with Crippen molar-refractivity contribution in [1.82, 2.24) is 0 Å². The summed E-state index contributed by atoms with van der Waals surface area (Å²) in [6.07, 6.45) is -3.98. The third kappa shape index (κ3) is 4.97. The number of hydrogen-bond acceptors (Lipinski definition) is 11. The van der Waals surface area contributed by atoms with E-state index < -0.39 is 94.4 Å². The summed E-state index contributed by atoms with van der Waals surface area (Å²) in [6, 6.07) is 8.10. The van der Waals surface area contributed by atoms with Gasteiger partial charge in [0.2, 0.25) is 5.78 Å². The molecular weight excluding hydrogens is 584 g/mol. The number of benzene rings is 1. The Labute approximate surface area is 262 Å². The zero-order chi connectivity index (χ0) is 33.3. The van der Waals surface area contributed by atoms with Crippen LogP contribution < -0.4 is 0 Å². The molecule has 0 radical (unpaired) electrons. The molecule has 0 heterocycles. The maximum absolute atomic E-state index is 15.0. The summed E-state index contributed by atoms with van der Waals surface area (Å²) in [5.41, 5.74) is -6.42. The molecule has 246 valence electrons. The molecule has 4 aliphatic rings. The molecule has 4 aliphatic carbocycles. The van der Waals surface area contributed by atoms with Crippen molar-refractivity contribution in [1.29, 1.82) is 0 Å². The van der Waals surface area contributed by atoms with Crippen LogP contribution in [0.15, 0.2) is 30.3 Å². The van der Waals surface area contributed by atoms with Crippen molar-refractivity contribution in [2.45, 2.75) is 97.2 Å². The Balaban J connectivity index is 1.84. The Hall–Kier alpha value is -3.31. The zero-order valence-corrected chi connectivity index (χ0v) is 26.9. The maximum Gasteiger partial charge on any atom is 0.338 e. The fourth-order valence-electron chi connectivity index (χ4n) is 9.33. The summed E-state index contributed by atoms with van der Waals surface area (Å²) < 4.78 is 23.9. The normalized spacial score (nSPS) is 41.0. The molecular formula is C34H44O11. The van der Waals surface area contributed by atoms with Crippen molar-refractivity contribution in [2.75, 3.05) is 6.61 Å². The van der Waals surface area contributed by atoms with Gasteiger partial charge in [0.15, 0.2) is 5.60 Å². The minimum absolute atomic E-state index is 0.00370. The lowest BCUT2D eigenvalue weighted by Gasteiger charge is -2.54. The number of hydrogen-bond donors (Lipinski definition) is 2. The second-order valence-electron chi connectivity index (χ2n) is 14.2. The van der Waals surface area contributed by atoms with Gasteiger partial charge in [-0.25, -0.2) is 4.79 Å². The van der Waals surface area contributed by atoms with E-state index in [1.165, 1.54) is 13.8 Å². The zero-order valence-electron chi connectivity index (χ0n) is 26.9. The van der Waals surface area contributed by atoms with Gasteiger partial charge in [0.1, 0.15) is 24.4 Å². The average Bonchev–Trinajstić information content (AvgIpc) is 3.41. The van der Waals surface area contributed by atoms with E-state index >= 15 is 0 Å². The average molecular weight is 629 g/mol. The van der Waals surface area contributed by atoms with Gasteiger partial charge in [-0.1, -0.05) is 45.9 Å². The minimum Gasteiger partial charge on any atom is -0.465 e. The van der Waals surface area contributed by atoms with Crippen LogP contribution in [0.2, 0.25) is 0 Å². The maximum atomic E-state index is 15.0. The number of ketones is 1. The van der Waals surface area contributed by atoms with E-state index in [2.05, 4.69) is 0 Å². The number of Topliss-reactive ketones (excluding diaryl/α,β-unsaturated/α-hetero) is 1. The Kier molecular flexibility index (Phi) is 8.22. The molecule has 1 aromatic carbocycles. The molecule has 0 aliphatic heterocycles. The van der Waals surface area contributed by atoms with Crippen LogP contribution in [0.4, 0.5) is 0 Å². The van der Waals surface area contributed by atoms with E-state index in [9.17, 15) is 34.2 Å². The molecule has 45 heavy (non-hydrogen) atoms. The highest BCUT2D eigenvalue weighted by atomic mass is 16.6. The van der Waals surface area contributed by atoms with Crippen LogP contribution in [-0.2, 0) is 38.1 Å². The topological polar surface area (TPSA) is 163 Å². The highest BCUT2D eigenvalue weighted by molar-refractivity contribution is 5.98. The van der Waals surface area contributed by atoms with Crippen LogP contribution in [0.3, 0.4) is 0 Å². The standard InChI is InChI=1S/C34H44O11/c1-8-23(38)43-26-17(2)15-34(41)25(26)28(44-29(39)20-12-10-9-11-13-20)33(16-42-18(3)35)22(37)14-21-24(31(21,5)6)27(33)32(7,30(34)40)45-19(4)36/h9-13,17,21-22,24-28,37,41H,8,14-16H2,1-7H3/t17-,21-,22+,24-,25+,26-,27-,28+,32-,33+,34+/m0/s1. The lowest BCUT2D eigenvalue weighted by molar-refractivity contribution is -0.225. The van der Waals surface area contributed by atoms with Gasteiger partial charge in [0.25, 0.3) is 0 Å². The molecule has 2 N–H and O–H groups in total. The van der Waals surface area contributed by atoms with Crippen LogP contribution >= 0.6 is 0 Å². The lowest BCUT2D eigenvalue weighted by Crippen LogP contribution is -2.65. The Morgan fingerprint density at radius 1 is 0.978 bits per heavy atom. The third-order valence-electron chi connectivity index (χ3n) is 11.2. The highest BCUT2D eigenvalue weighted by Crippen LogP contribution is 2.75. The lowest BCUT2D eigenvalue weighted by atomic mass is 9.55. The summed E-state index contributed by atoms with van der Waals surface area (Å²) in [5, 5.41) is 24.9. The van der Waals surface area contributed by atoms with Gasteiger partial charge >= 0.3 is 23.9 Å². The molecule has 0 saturated heterocycles. The highest BCUT2D eigenvalue weighted by Gasteiger charge is 2.83. The van der Waals surface area contributed by atoms with E-state index in [-0.39, 0.29) is 36.7 Å². The van der Waals surface area contributed by atoms with E-state index in [0.29, 0.717) is 0 Å².